The van der Waals surface area contributed by atoms with Gasteiger partial charge in [0.05, 0.1) is 5.69 Å². The first-order valence-corrected chi connectivity index (χ1v) is 4.46. The van der Waals surface area contributed by atoms with E-state index in [4.69, 9.17) is 11.6 Å². The van der Waals surface area contributed by atoms with E-state index < -0.39 is 0 Å². The largest absolute Gasteiger partial charge is 0.219 e. The molecular formula is C9H10ClN3. The third-order valence-corrected chi connectivity index (χ3v) is 2.56. The van der Waals surface area contributed by atoms with Gasteiger partial charge in [-0.3, -0.25) is 0 Å². The van der Waals surface area contributed by atoms with Crippen LogP contribution in [-0.4, -0.2) is 14.6 Å². The van der Waals surface area contributed by atoms with E-state index >= 15 is 0 Å². The topological polar surface area (TPSA) is 30.2 Å². The van der Waals surface area contributed by atoms with Crippen molar-refractivity contribution in [3.05, 3.63) is 28.2 Å². The first kappa shape index (κ1) is 8.51. The van der Waals surface area contributed by atoms with Crippen molar-refractivity contribution >= 4 is 17.2 Å². The summed E-state index contributed by atoms with van der Waals surface area (Å²) < 4.78 is 1.82. The predicted octanol–water partition coefficient (Wildman–Crippen LogP) is 2.31. The van der Waals surface area contributed by atoms with Crippen LogP contribution in [-0.2, 0) is 0 Å². The average Bonchev–Trinajstić information content (AvgIpc) is 2.42. The van der Waals surface area contributed by atoms with Crippen LogP contribution in [0.1, 0.15) is 17.0 Å². The van der Waals surface area contributed by atoms with Gasteiger partial charge >= 0.3 is 0 Å². The molecule has 0 radical (unpaired) electrons. The minimum absolute atomic E-state index is 0.560. The lowest BCUT2D eigenvalue weighted by Gasteiger charge is -2.03. The molecule has 0 fully saturated rings. The lowest BCUT2D eigenvalue weighted by molar-refractivity contribution is 0.865. The molecule has 3 nitrogen and oxygen atoms in total. The van der Waals surface area contributed by atoms with Gasteiger partial charge in [-0.2, -0.15) is 5.10 Å². The van der Waals surface area contributed by atoms with Crippen molar-refractivity contribution in [1.29, 1.82) is 0 Å². The molecule has 2 aromatic heterocycles. The first-order chi connectivity index (χ1) is 6.09. The number of aromatic nitrogens is 3. The van der Waals surface area contributed by atoms with E-state index in [1.807, 2.05) is 31.4 Å². The molecule has 2 rings (SSSR count). The molecule has 68 valence electrons. The standard InChI is InChI=1S/C9H10ClN3/c1-5-4-8-11-9(10)6(2)7(3)13(8)12-5/h4H,1-3H3. The summed E-state index contributed by atoms with van der Waals surface area (Å²) in [7, 11) is 0. The Hall–Kier alpha value is -1.09. The van der Waals surface area contributed by atoms with Gasteiger partial charge in [0.1, 0.15) is 5.15 Å². The molecule has 0 aromatic carbocycles. The first-order valence-electron chi connectivity index (χ1n) is 4.08. The van der Waals surface area contributed by atoms with Crippen molar-refractivity contribution < 1.29 is 0 Å². The number of rotatable bonds is 0. The van der Waals surface area contributed by atoms with Crippen molar-refractivity contribution in [3.63, 3.8) is 0 Å². The summed E-state index contributed by atoms with van der Waals surface area (Å²) >= 11 is 5.95. The molecule has 4 heteroatoms. The molecule has 0 aliphatic carbocycles. The van der Waals surface area contributed by atoms with Gasteiger partial charge in [0, 0.05) is 17.3 Å². The Morgan fingerprint density at radius 2 is 2.00 bits per heavy atom. The molecule has 0 N–H and O–H groups in total. The van der Waals surface area contributed by atoms with Crippen molar-refractivity contribution in [1.82, 2.24) is 14.6 Å². The average molecular weight is 196 g/mol. The number of hydrogen-bond donors (Lipinski definition) is 0. The monoisotopic (exact) mass is 195 g/mol. The highest BCUT2D eigenvalue weighted by molar-refractivity contribution is 6.30. The van der Waals surface area contributed by atoms with Crippen LogP contribution in [0.5, 0.6) is 0 Å². The summed E-state index contributed by atoms with van der Waals surface area (Å²) in [6.45, 7) is 5.88. The minimum Gasteiger partial charge on any atom is -0.219 e. The van der Waals surface area contributed by atoms with Crippen LogP contribution >= 0.6 is 11.6 Å². The SMILES string of the molecule is Cc1cc2nc(Cl)c(C)c(C)n2n1. The fraction of sp³-hybridized carbons (Fsp3) is 0.333. The maximum absolute atomic E-state index is 5.95. The molecular weight excluding hydrogens is 186 g/mol. The van der Waals surface area contributed by atoms with Gasteiger partial charge in [-0.25, -0.2) is 9.50 Å². The van der Waals surface area contributed by atoms with Gasteiger partial charge in [0.25, 0.3) is 0 Å². The summed E-state index contributed by atoms with van der Waals surface area (Å²) in [5.41, 5.74) is 3.79. The predicted molar refractivity (Wildman–Crippen MR) is 52.2 cm³/mol. The van der Waals surface area contributed by atoms with Gasteiger partial charge in [-0.05, 0) is 20.8 Å². The Bertz CT molecular complexity index is 473. The maximum atomic E-state index is 5.95. The Morgan fingerprint density at radius 1 is 1.31 bits per heavy atom. The lowest BCUT2D eigenvalue weighted by atomic mass is 10.3. The van der Waals surface area contributed by atoms with Gasteiger partial charge in [0.2, 0.25) is 0 Å². The third-order valence-electron chi connectivity index (χ3n) is 2.20. The summed E-state index contributed by atoms with van der Waals surface area (Å²) in [5.74, 6) is 0. The molecule has 0 saturated carbocycles. The van der Waals surface area contributed by atoms with Crippen molar-refractivity contribution in [2.75, 3.05) is 0 Å². The van der Waals surface area contributed by atoms with E-state index in [9.17, 15) is 0 Å². The fourth-order valence-electron chi connectivity index (χ4n) is 1.30. The zero-order valence-electron chi connectivity index (χ0n) is 7.80. The molecule has 0 atom stereocenters. The Labute approximate surface area is 81.4 Å². The summed E-state index contributed by atoms with van der Waals surface area (Å²) in [6.07, 6.45) is 0. The van der Waals surface area contributed by atoms with E-state index in [2.05, 4.69) is 10.1 Å². The van der Waals surface area contributed by atoms with Gasteiger partial charge < -0.3 is 0 Å². The van der Waals surface area contributed by atoms with Gasteiger partial charge in [-0.1, -0.05) is 11.6 Å². The van der Waals surface area contributed by atoms with Crippen LogP contribution in [0, 0.1) is 20.8 Å². The highest BCUT2D eigenvalue weighted by atomic mass is 35.5. The molecule has 0 saturated heterocycles. The molecule has 2 heterocycles. The second kappa shape index (κ2) is 2.70. The molecule has 0 aliphatic rings. The number of halogens is 1. The van der Waals surface area contributed by atoms with Gasteiger partial charge in [-0.15, -0.1) is 0 Å². The minimum atomic E-state index is 0.560. The number of fused-ring (bicyclic) bond motifs is 1. The lowest BCUT2D eigenvalue weighted by Crippen LogP contribution is -1.99. The third kappa shape index (κ3) is 1.20. The summed E-state index contributed by atoms with van der Waals surface area (Å²) in [5, 5.41) is 4.87. The van der Waals surface area contributed by atoms with Crippen LogP contribution in [0.3, 0.4) is 0 Å². The molecule has 2 aromatic rings. The zero-order valence-corrected chi connectivity index (χ0v) is 8.55. The van der Waals surface area contributed by atoms with Crippen molar-refractivity contribution in [3.8, 4) is 0 Å². The van der Waals surface area contributed by atoms with Crippen LogP contribution < -0.4 is 0 Å². The van der Waals surface area contributed by atoms with E-state index in [1.54, 1.807) is 0 Å². The Morgan fingerprint density at radius 3 is 2.69 bits per heavy atom. The Balaban J connectivity index is 2.92. The molecule has 13 heavy (non-hydrogen) atoms. The molecule has 0 spiro atoms. The van der Waals surface area contributed by atoms with Crippen LogP contribution in [0.15, 0.2) is 6.07 Å². The number of nitrogens with zero attached hydrogens (tertiary/aromatic N) is 3. The second-order valence-electron chi connectivity index (χ2n) is 3.17. The smallest absolute Gasteiger partial charge is 0.157 e. The second-order valence-corrected chi connectivity index (χ2v) is 3.53. The summed E-state index contributed by atoms with van der Waals surface area (Å²) in [4.78, 5) is 4.22. The van der Waals surface area contributed by atoms with Crippen LogP contribution in [0.2, 0.25) is 5.15 Å². The van der Waals surface area contributed by atoms with Crippen molar-refractivity contribution in [2.24, 2.45) is 0 Å². The highest BCUT2D eigenvalue weighted by Crippen LogP contribution is 2.18. The van der Waals surface area contributed by atoms with Crippen LogP contribution in [0.25, 0.3) is 5.65 Å². The van der Waals surface area contributed by atoms with E-state index in [0.717, 1.165) is 22.6 Å². The molecule has 0 amide bonds. The van der Waals surface area contributed by atoms with Crippen LogP contribution in [0.4, 0.5) is 0 Å². The van der Waals surface area contributed by atoms with E-state index in [0.29, 0.717) is 5.15 Å². The Kier molecular flexibility index (Phi) is 1.77. The molecule has 0 unspecified atom stereocenters. The molecule has 0 bridgehead atoms. The normalized spacial score (nSPS) is 11.1. The fourth-order valence-corrected chi connectivity index (χ4v) is 1.53. The van der Waals surface area contributed by atoms with Crippen molar-refractivity contribution in [2.45, 2.75) is 20.8 Å². The van der Waals surface area contributed by atoms with Gasteiger partial charge in [0.15, 0.2) is 5.65 Å². The van der Waals surface area contributed by atoms with E-state index in [-0.39, 0.29) is 0 Å². The summed E-state index contributed by atoms with van der Waals surface area (Å²) in [6, 6.07) is 1.92. The quantitative estimate of drug-likeness (QED) is 0.604. The number of hydrogen-bond acceptors (Lipinski definition) is 2. The van der Waals surface area contributed by atoms with E-state index in [1.165, 1.54) is 0 Å². The number of aryl methyl sites for hydroxylation is 2. The zero-order chi connectivity index (χ0) is 9.59. The highest BCUT2D eigenvalue weighted by Gasteiger charge is 2.07. The maximum Gasteiger partial charge on any atom is 0.157 e. The molecule has 0 aliphatic heterocycles.